The summed E-state index contributed by atoms with van der Waals surface area (Å²) >= 11 is 12.6. The minimum Gasteiger partial charge on any atom is -0.462 e. The molecule has 0 saturated heterocycles. The molecule has 1 heterocycles. The van der Waals surface area contributed by atoms with Crippen LogP contribution in [0.3, 0.4) is 0 Å². The standard InChI is InChI=1S/C23H23Cl2NO2/c1-13(2)12-28-23(27)14-6-9-21-19(10-14)16-4-3-5-17(16)22(26-21)18-8-7-15(24)11-20(18)25/h3-4,6-11,13,16-17,22,26H,5,12H2,1-2H3. The fourth-order valence-electron chi connectivity index (χ4n) is 4.11. The molecule has 146 valence electrons. The van der Waals surface area contributed by atoms with Crippen molar-refractivity contribution < 1.29 is 9.53 Å². The van der Waals surface area contributed by atoms with Gasteiger partial charge in [0.15, 0.2) is 0 Å². The van der Waals surface area contributed by atoms with Crippen molar-refractivity contribution in [2.45, 2.75) is 32.2 Å². The third-order valence-electron chi connectivity index (χ3n) is 5.44. The number of fused-ring (bicyclic) bond motifs is 3. The normalized spacial score (nSPS) is 22.5. The third-order valence-corrected chi connectivity index (χ3v) is 6.01. The van der Waals surface area contributed by atoms with E-state index in [9.17, 15) is 4.79 Å². The first-order chi connectivity index (χ1) is 13.4. The quantitative estimate of drug-likeness (QED) is 0.449. The van der Waals surface area contributed by atoms with E-state index in [1.165, 1.54) is 0 Å². The van der Waals surface area contributed by atoms with Crippen LogP contribution in [0, 0.1) is 11.8 Å². The number of carbonyl (C=O) groups excluding carboxylic acids is 1. The summed E-state index contributed by atoms with van der Waals surface area (Å²) in [6, 6.07) is 11.5. The average molecular weight is 416 g/mol. The number of ether oxygens (including phenoxy) is 1. The lowest BCUT2D eigenvalue weighted by Crippen LogP contribution is -2.29. The van der Waals surface area contributed by atoms with E-state index in [0.29, 0.717) is 34.1 Å². The number of carbonyl (C=O) groups is 1. The van der Waals surface area contributed by atoms with Gasteiger partial charge in [0.25, 0.3) is 0 Å². The molecule has 0 aromatic heterocycles. The van der Waals surface area contributed by atoms with Gasteiger partial charge in [0.05, 0.1) is 18.2 Å². The molecule has 1 aliphatic heterocycles. The van der Waals surface area contributed by atoms with E-state index in [-0.39, 0.29) is 17.9 Å². The number of hydrogen-bond donors (Lipinski definition) is 1. The maximum atomic E-state index is 12.4. The van der Waals surface area contributed by atoms with Gasteiger partial charge in [-0.15, -0.1) is 0 Å². The SMILES string of the molecule is CC(C)COC(=O)c1ccc2c(c1)C1C=CCC1C(c1ccc(Cl)cc1Cl)N2. The highest BCUT2D eigenvalue weighted by atomic mass is 35.5. The number of hydrogen-bond acceptors (Lipinski definition) is 3. The lowest BCUT2D eigenvalue weighted by atomic mass is 9.76. The molecule has 0 amide bonds. The third kappa shape index (κ3) is 3.66. The van der Waals surface area contributed by atoms with E-state index in [4.69, 9.17) is 27.9 Å². The largest absolute Gasteiger partial charge is 0.462 e. The average Bonchev–Trinajstić information content (AvgIpc) is 3.15. The minimum absolute atomic E-state index is 0.0935. The van der Waals surface area contributed by atoms with E-state index in [1.54, 1.807) is 6.07 Å². The molecular formula is C23H23Cl2NO2. The summed E-state index contributed by atoms with van der Waals surface area (Å²) in [5.74, 6) is 0.632. The molecule has 2 aromatic carbocycles. The summed E-state index contributed by atoms with van der Waals surface area (Å²) in [7, 11) is 0. The van der Waals surface area contributed by atoms with Crippen molar-refractivity contribution in [1.29, 1.82) is 0 Å². The van der Waals surface area contributed by atoms with Crippen LogP contribution in [0.1, 0.15) is 53.7 Å². The van der Waals surface area contributed by atoms with Gasteiger partial charge in [-0.2, -0.15) is 0 Å². The number of rotatable bonds is 4. The van der Waals surface area contributed by atoms with Gasteiger partial charge in [-0.25, -0.2) is 4.79 Å². The molecule has 0 radical (unpaired) electrons. The van der Waals surface area contributed by atoms with Crippen molar-refractivity contribution in [2.75, 3.05) is 11.9 Å². The summed E-state index contributed by atoms with van der Waals surface area (Å²) in [6.45, 7) is 4.48. The van der Waals surface area contributed by atoms with E-state index in [0.717, 1.165) is 23.2 Å². The van der Waals surface area contributed by atoms with Crippen LogP contribution in [0.4, 0.5) is 5.69 Å². The molecule has 28 heavy (non-hydrogen) atoms. The maximum Gasteiger partial charge on any atom is 0.338 e. The zero-order chi connectivity index (χ0) is 19.8. The second-order valence-electron chi connectivity index (χ2n) is 7.94. The lowest BCUT2D eigenvalue weighted by Gasteiger charge is -2.38. The molecule has 5 heteroatoms. The van der Waals surface area contributed by atoms with E-state index in [1.807, 2.05) is 44.2 Å². The second-order valence-corrected chi connectivity index (χ2v) is 8.78. The molecule has 3 nitrogen and oxygen atoms in total. The summed E-state index contributed by atoms with van der Waals surface area (Å²) in [5.41, 5.74) is 3.82. The van der Waals surface area contributed by atoms with Gasteiger partial charge in [-0.1, -0.05) is 55.3 Å². The first-order valence-electron chi connectivity index (χ1n) is 9.63. The monoisotopic (exact) mass is 415 g/mol. The Morgan fingerprint density at radius 2 is 2.00 bits per heavy atom. The zero-order valence-corrected chi connectivity index (χ0v) is 17.4. The van der Waals surface area contributed by atoms with Crippen molar-refractivity contribution in [2.24, 2.45) is 11.8 Å². The second kappa shape index (κ2) is 7.81. The first-order valence-corrected chi connectivity index (χ1v) is 10.4. The zero-order valence-electron chi connectivity index (χ0n) is 15.9. The predicted molar refractivity (Wildman–Crippen MR) is 114 cm³/mol. The molecule has 3 unspecified atom stereocenters. The van der Waals surface area contributed by atoms with Gasteiger partial charge in [0.1, 0.15) is 0 Å². The fraction of sp³-hybridized carbons (Fsp3) is 0.348. The van der Waals surface area contributed by atoms with Gasteiger partial charge < -0.3 is 10.1 Å². The summed E-state index contributed by atoms with van der Waals surface area (Å²) in [4.78, 5) is 12.4. The van der Waals surface area contributed by atoms with Crippen LogP contribution in [0.15, 0.2) is 48.6 Å². The van der Waals surface area contributed by atoms with Crippen molar-refractivity contribution in [3.8, 4) is 0 Å². The molecular weight excluding hydrogens is 393 g/mol. The van der Waals surface area contributed by atoms with Crippen LogP contribution in [0.2, 0.25) is 10.0 Å². The van der Waals surface area contributed by atoms with Crippen LogP contribution in [0.5, 0.6) is 0 Å². The Labute approximate surface area is 175 Å². The number of esters is 1. The Morgan fingerprint density at radius 1 is 1.18 bits per heavy atom. The molecule has 4 rings (SSSR count). The molecule has 1 N–H and O–H groups in total. The Kier molecular flexibility index (Phi) is 5.39. The fourth-order valence-corrected chi connectivity index (χ4v) is 4.63. The van der Waals surface area contributed by atoms with Crippen molar-refractivity contribution in [1.82, 2.24) is 0 Å². The summed E-state index contributed by atoms with van der Waals surface area (Å²) in [6.07, 6.45) is 5.42. The molecule has 0 fully saturated rings. The lowest BCUT2D eigenvalue weighted by molar-refractivity contribution is 0.0459. The molecule has 3 atom stereocenters. The summed E-state index contributed by atoms with van der Waals surface area (Å²) < 4.78 is 5.40. The minimum atomic E-state index is -0.266. The van der Waals surface area contributed by atoms with Crippen LogP contribution in [-0.4, -0.2) is 12.6 Å². The number of anilines is 1. The van der Waals surface area contributed by atoms with Crippen LogP contribution in [-0.2, 0) is 4.74 Å². The molecule has 0 spiro atoms. The molecule has 0 saturated carbocycles. The number of benzene rings is 2. The van der Waals surface area contributed by atoms with Gasteiger partial charge in [-0.05, 0) is 59.7 Å². The Hall–Kier alpha value is -1.97. The van der Waals surface area contributed by atoms with Crippen LogP contribution in [0.25, 0.3) is 0 Å². The van der Waals surface area contributed by atoms with Gasteiger partial charge >= 0.3 is 5.97 Å². The highest BCUT2D eigenvalue weighted by Crippen LogP contribution is 2.51. The van der Waals surface area contributed by atoms with Crippen LogP contribution < -0.4 is 5.32 Å². The predicted octanol–water partition coefficient (Wildman–Crippen LogP) is 6.63. The van der Waals surface area contributed by atoms with Crippen LogP contribution >= 0.6 is 23.2 Å². The van der Waals surface area contributed by atoms with E-state index in [2.05, 4.69) is 17.5 Å². The number of nitrogens with one attached hydrogen (secondary N) is 1. The van der Waals surface area contributed by atoms with Crippen molar-refractivity contribution in [3.63, 3.8) is 0 Å². The Bertz CT molecular complexity index is 938. The number of allylic oxidation sites excluding steroid dienone is 2. The highest BCUT2D eigenvalue weighted by Gasteiger charge is 2.39. The van der Waals surface area contributed by atoms with E-state index >= 15 is 0 Å². The summed E-state index contributed by atoms with van der Waals surface area (Å²) in [5, 5.41) is 4.95. The Balaban J connectivity index is 1.66. The van der Waals surface area contributed by atoms with Gasteiger partial charge in [-0.3, -0.25) is 0 Å². The number of halogens is 2. The molecule has 2 aromatic rings. The van der Waals surface area contributed by atoms with Gasteiger partial charge in [0, 0.05) is 21.7 Å². The topological polar surface area (TPSA) is 38.3 Å². The van der Waals surface area contributed by atoms with E-state index < -0.39 is 0 Å². The molecule has 1 aliphatic carbocycles. The van der Waals surface area contributed by atoms with Crippen molar-refractivity contribution >= 4 is 34.9 Å². The highest BCUT2D eigenvalue weighted by molar-refractivity contribution is 6.35. The molecule has 0 bridgehead atoms. The Morgan fingerprint density at radius 3 is 2.75 bits per heavy atom. The first kappa shape index (κ1) is 19.4. The maximum absolute atomic E-state index is 12.4. The van der Waals surface area contributed by atoms with Crippen molar-refractivity contribution in [3.05, 3.63) is 75.3 Å². The molecule has 2 aliphatic rings. The van der Waals surface area contributed by atoms with Gasteiger partial charge in [0.2, 0.25) is 0 Å². The smallest absolute Gasteiger partial charge is 0.338 e.